The number of H-pyrrole nitrogens is 1. The summed E-state index contributed by atoms with van der Waals surface area (Å²) in [6.07, 6.45) is 1.53. The lowest BCUT2D eigenvalue weighted by Crippen LogP contribution is -2.44. The van der Waals surface area contributed by atoms with Gasteiger partial charge in [-0.15, -0.1) is 0 Å². The Labute approximate surface area is 285 Å². The molecule has 0 unspecified atom stereocenters. The number of Topliss-reactive ketones (excluding diaryl/α,β-unsaturated/α-hetero) is 1. The molecular formula is C34H47FN8O6. The lowest BCUT2D eigenvalue weighted by molar-refractivity contribution is -0.128. The molecule has 0 fully saturated rings. The molecule has 14 nitrogen and oxygen atoms in total. The van der Waals surface area contributed by atoms with E-state index in [0.29, 0.717) is 42.0 Å². The number of aromatic amines is 1. The molecule has 1 atom stereocenters. The number of nitrogens with one attached hydrogen (secondary N) is 5. The molecule has 15 heteroatoms. The summed E-state index contributed by atoms with van der Waals surface area (Å²) in [4.78, 5) is 82.0. The van der Waals surface area contributed by atoms with Gasteiger partial charge in [0.15, 0.2) is 5.78 Å². The second-order valence-corrected chi connectivity index (χ2v) is 11.7. The van der Waals surface area contributed by atoms with Crippen molar-refractivity contribution in [2.75, 3.05) is 50.7 Å². The van der Waals surface area contributed by atoms with E-state index in [-0.39, 0.29) is 61.0 Å². The van der Waals surface area contributed by atoms with Crippen LogP contribution in [0, 0.1) is 19.7 Å². The third kappa shape index (κ3) is 10.1. The third-order valence-electron chi connectivity index (χ3n) is 8.31. The van der Waals surface area contributed by atoms with Crippen LogP contribution < -0.4 is 31.9 Å². The number of rotatable bonds is 17. The molecule has 2 aromatic rings. The Hall–Kier alpha value is -4.89. The number of aryl methyl sites for hydroxylation is 1. The number of aromatic nitrogens is 1. The van der Waals surface area contributed by atoms with Crippen molar-refractivity contribution in [2.24, 2.45) is 5.73 Å². The maximum absolute atomic E-state index is 14.4. The predicted octanol–water partition coefficient (Wildman–Crippen LogP) is 1.76. The molecule has 7 N–H and O–H groups in total. The van der Waals surface area contributed by atoms with E-state index in [1.54, 1.807) is 13.8 Å². The SMILES string of the molecule is CCN(CC)CCNC(=O)c1c(C)[nH]c(/C=C2\C(=O)N(C(=O)NCCNC(=O)CCC(=O)N[C@@H](CCN)C(C)=O)c3ccc(F)cc32)c1C. The zero-order chi connectivity index (χ0) is 36.2. The number of carbonyl (C=O) groups is 6. The quantitative estimate of drug-likeness (QED) is 0.107. The highest BCUT2D eigenvalue weighted by atomic mass is 19.1. The Balaban J connectivity index is 1.64. The van der Waals surface area contributed by atoms with Crippen molar-refractivity contribution >= 4 is 52.8 Å². The van der Waals surface area contributed by atoms with Gasteiger partial charge in [-0.25, -0.2) is 14.1 Å². The number of amides is 6. The van der Waals surface area contributed by atoms with Crippen LogP contribution in [0.25, 0.3) is 11.6 Å². The van der Waals surface area contributed by atoms with Crippen LogP contribution in [-0.4, -0.2) is 97.2 Å². The van der Waals surface area contributed by atoms with Crippen molar-refractivity contribution in [3.8, 4) is 0 Å². The van der Waals surface area contributed by atoms with Crippen LogP contribution in [0.15, 0.2) is 18.2 Å². The molecule has 1 aliphatic heterocycles. The molecule has 1 aliphatic rings. The van der Waals surface area contributed by atoms with Gasteiger partial charge in [-0.1, -0.05) is 13.8 Å². The lowest BCUT2D eigenvalue weighted by Gasteiger charge is -2.18. The highest BCUT2D eigenvalue weighted by molar-refractivity contribution is 6.42. The first kappa shape index (κ1) is 38.6. The summed E-state index contributed by atoms with van der Waals surface area (Å²) >= 11 is 0. The van der Waals surface area contributed by atoms with E-state index in [9.17, 15) is 33.2 Å². The van der Waals surface area contributed by atoms with Gasteiger partial charge in [0.25, 0.3) is 11.8 Å². The number of carbonyl (C=O) groups excluding carboxylic acids is 6. The Bertz CT molecular complexity index is 1600. The minimum atomic E-state index is -0.780. The van der Waals surface area contributed by atoms with Crippen LogP contribution in [0.5, 0.6) is 0 Å². The van der Waals surface area contributed by atoms with Crippen molar-refractivity contribution < 1.29 is 33.2 Å². The van der Waals surface area contributed by atoms with Gasteiger partial charge in [-0.2, -0.15) is 0 Å². The molecule has 1 aromatic heterocycles. The summed E-state index contributed by atoms with van der Waals surface area (Å²) in [6.45, 7) is 12.1. The number of hydrogen-bond acceptors (Lipinski definition) is 8. The summed E-state index contributed by atoms with van der Waals surface area (Å²) in [5.74, 6) is -2.68. The Morgan fingerprint density at radius 1 is 1.00 bits per heavy atom. The predicted molar refractivity (Wildman–Crippen MR) is 184 cm³/mol. The van der Waals surface area contributed by atoms with E-state index in [2.05, 4.69) is 45.0 Å². The standard InChI is InChI=1S/C34H47FN8O6/c1-6-42(7-2)17-16-38-32(47)31-20(3)27(40-21(31)4)19-25-24-18-23(35)8-9-28(24)43(33(25)48)34(49)39-15-14-37-29(45)10-11-30(46)41-26(12-13-36)22(5)44/h8-9,18-19,26,40H,6-7,10-17,36H2,1-5H3,(H,37,45)(H,38,47)(H,39,49)(H,41,46)/b25-19-/t26-/m0/s1. The molecule has 3 rings (SSSR count). The number of halogens is 1. The highest BCUT2D eigenvalue weighted by Crippen LogP contribution is 2.39. The molecule has 0 radical (unpaired) electrons. The number of urea groups is 1. The number of nitrogens with two attached hydrogens (primary N) is 1. The second-order valence-electron chi connectivity index (χ2n) is 11.7. The van der Waals surface area contributed by atoms with Gasteiger partial charge >= 0.3 is 6.03 Å². The molecular weight excluding hydrogens is 635 g/mol. The fourth-order valence-corrected chi connectivity index (χ4v) is 5.54. The minimum absolute atomic E-state index is 0.0111. The fourth-order valence-electron chi connectivity index (χ4n) is 5.54. The molecule has 1 aromatic carbocycles. The van der Waals surface area contributed by atoms with E-state index >= 15 is 0 Å². The maximum atomic E-state index is 14.4. The summed E-state index contributed by atoms with van der Waals surface area (Å²) in [7, 11) is 0. The van der Waals surface area contributed by atoms with Crippen molar-refractivity contribution in [1.82, 2.24) is 31.2 Å². The van der Waals surface area contributed by atoms with Gasteiger partial charge in [-0.3, -0.25) is 24.0 Å². The summed E-state index contributed by atoms with van der Waals surface area (Å²) < 4.78 is 14.4. The highest BCUT2D eigenvalue weighted by Gasteiger charge is 2.37. The van der Waals surface area contributed by atoms with Gasteiger partial charge in [0, 0.05) is 56.0 Å². The van der Waals surface area contributed by atoms with Crippen LogP contribution in [0.2, 0.25) is 0 Å². The third-order valence-corrected chi connectivity index (χ3v) is 8.31. The number of likely N-dealkylation sites (N-methyl/N-ethyl adjacent to an activating group) is 1. The van der Waals surface area contributed by atoms with Crippen molar-refractivity contribution in [1.29, 1.82) is 0 Å². The van der Waals surface area contributed by atoms with Crippen LogP contribution in [-0.2, 0) is 19.2 Å². The Morgan fingerprint density at radius 3 is 2.33 bits per heavy atom. The number of nitrogens with zero attached hydrogens (tertiary/aromatic N) is 2. The second kappa shape index (κ2) is 18.0. The fraction of sp³-hybridized carbons (Fsp3) is 0.471. The molecule has 0 spiro atoms. The van der Waals surface area contributed by atoms with Crippen LogP contribution >= 0.6 is 0 Å². The van der Waals surface area contributed by atoms with E-state index in [1.165, 1.54) is 25.1 Å². The van der Waals surface area contributed by atoms with Gasteiger partial charge in [-0.05, 0) is 76.7 Å². The summed E-state index contributed by atoms with van der Waals surface area (Å²) in [5, 5.41) is 10.7. The Kier molecular flexibility index (Phi) is 14.2. The maximum Gasteiger partial charge on any atom is 0.329 e. The molecule has 49 heavy (non-hydrogen) atoms. The topological polar surface area (TPSA) is 199 Å². The average Bonchev–Trinajstić information content (AvgIpc) is 3.50. The molecule has 0 saturated heterocycles. The first-order chi connectivity index (χ1) is 23.3. The monoisotopic (exact) mass is 682 g/mol. The van der Waals surface area contributed by atoms with Gasteiger partial charge in [0.2, 0.25) is 11.8 Å². The van der Waals surface area contributed by atoms with E-state index < -0.39 is 35.6 Å². The number of fused-ring (bicyclic) bond motifs is 1. The molecule has 6 amide bonds. The molecule has 2 heterocycles. The number of imide groups is 1. The molecule has 0 bridgehead atoms. The zero-order valence-electron chi connectivity index (χ0n) is 28.8. The van der Waals surface area contributed by atoms with Crippen LogP contribution in [0.3, 0.4) is 0 Å². The van der Waals surface area contributed by atoms with Gasteiger partial charge < -0.3 is 36.9 Å². The molecule has 266 valence electrons. The van der Waals surface area contributed by atoms with Crippen molar-refractivity contribution in [3.05, 3.63) is 52.1 Å². The van der Waals surface area contributed by atoms with Crippen LogP contribution in [0.1, 0.15) is 72.9 Å². The van der Waals surface area contributed by atoms with Crippen molar-refractivity contribution in [2.45, 2.75) is 59.9 Å². The zero-order valence-corrected chi connectivity index (χ0v) is 28.8. The minimum Gasteiger partial charge on any atom is -0.358 e. The molecule has 0 saturated carbocycles. The number of anilines is 1. The van der Waals surface area contributed by atoms with Crippen LogP contribution in [0.4, 0.5) is 14.9 Å². The Morgan fingerprint density at radius 2 is 1.67 bits per heavy atom. The normalized spacial score (nSPS) is 13.8. The van der Waals surface area contributed by atoms with E-state index in [4.69, 9.17) is 5.73 Å². The number of benzene rings is 1. The van der Waals surface area contributed by atoms with E-state index in [0.717, 1.165) is 24.1 Å². The smallest absolute Gasteiger partial charge is 0.329 e. The molecule has 0 aliphatic carbocycles. The van der Waals surface area contributed by atoms with Gasteiger partial charge in [0.1, 0.15) is 5.82 Å². The summed E-state index contributed by atoms with van der Waals surface area (Å²) in [5.41, 5.74) is 8.03. The lowest BCUT2D eigenvalue weighted by atomic mass is 10.0. The van der Waals surface area contributed by atoms with E-state index in [1.807, 2.05) is 0 Å². The number of ketones is 1. The average molecular weight is 683 g/mol. The first-order valence-corrected chi connectivity index (χ1v) is 16.4. The summed E-state index contributed by atoms with van der Waals surface area (Å²) in [6, 6.07) is 2.17. The van der Waals surface area contributed by atoms with Crippen molar-refractivity contribution in [3.63, 3.8) is 0 Å². The number of hydrogen-bond donors (Lipinski definition) is 6. The largest absolute Gasteiger partial charge is 0.358 e. The first-order valence-electron chi connectivity index (χ1n) is 16.4. The van der Waals surface area contributed by atoms with Gasteiger partial charge in [0.05, 0.1) is 22.9 Å².